The van der Waals surface area contributed by atoms with E-state index in [1.165, 1.54) is 7.11 Å². The minimum Gasteiger partial charge on any atom is -0.493 e. The number of benzene rings is 2. The van der Waals surface area contributed by atoms with Gasteiger partial charge in [0.1, 0.15) is 0 Å². The highest BCUT2D eigenvalue weighted by atomic mass is 16.5. The summed E-state index contributed by atoms with van der Waals surface area (Å²) in [4.78, 5) is 32.7. The monoisotopic (exact) mass is 437 g/mol. The van der Waals surface area contributed by atoms with Gasteiger partial charge in [0.25, 0.3) is 5.56 Å². The van der Waals surface area contributed by atoms with Gasteiger partial charge in [0, 0.05) is 19.2 Å². The van der Waals surface area contributed by atoms with Crippen LogP contribution in [-0.4, -0.2) is 49.9 Å². The SMILES string of the molecule is COC(=O)c1ccc2c(=O)n(-c3ccc(OC)c(OC)c3)c(N3CCCCCC3)nc2c1. The summed E-state index contributed by atoms with van der Waals surface area (Å²) < 4.78 is 17.3. The molecule has 8 heteroatoms. The summed E-state index contributed by atoms with van der Waals surface area (Å²) in [6.45, 7) is 1.61. The number of carbonyl (C=O) groups is 1. The van der Waals surface area contributed by atoms with Gasteiger partial charge in [-0.25, -0.2) is 14.3 Å². The van der Waals surface area contributed by atoms with E-state index in [1.54, 1.807) is 49.1 Å². The van der Waals surface area contributed by atoms with Crippen molar-refractivity contribution >= 4 is 22.8 Å². The second-order valence-electron chi connectivity index (χ2n) is 7.72. The van der Waals surface area contributed by atoms with Gasteiger partial charge in [-0.05, 0) is 43.2 Å². The lowest BCUT2D eigenvalue weighted by Crippen LogP contribution is -2.33. The van der Waals surface area contributed by atoms with Gasteiger partial charge < -0.3 is 19.1 Å². The van der Waals surface area contributed by atoms with Gasteiger partial charge in [0.2, 0.25) is 5.95 Å². The molecule has 2 heterocycles. The lowest BCUT2D eigenvalue weighted by Gasteiger charge is -2.25. The molecular weight excluding hydrogens is 410 g/mol. The number of anilines is 1. The highest BCUT2D eigenvalue weighted by molar-refractivity contribution is 5.94. The highest BCUT2D eigenvalue weighted by Crippen LogP contribution is 2.31. The molecule has 4 rings (SSSR count). The molecule has 1 fully saturated rings. The number of aromatic nitrogens is 2. The van der Waals surface area contributed by atoms with E-state index < -0.39 is 5.97 Å². The van der Waals surface area contributed by atoms with Crippen molar-refractivity contribution in [2.24, 2.45) is 0 Å². The van der Waals surface area contributed by atoms with E-state index in [-0.39, 0.29) is 5.56 Å². The van der Waals surface area contributed by atoms with Crippen LogP contribution in [0.1, 0.15) is 36.0 Å². The number of nitrogens with zero attached hydrogens (tertiary/aromatic N) is 3. The van der Waals surface area contributed by atoms with Crippen LogP contribution >= 0.6 is 0 Å². The van der Waals surface area contributed by atoms with Gasteiger partial charge in [-0.15, -0.1) is 0 Å². The van der Waals surface area contributed by atoms with Crippen LogP contribution in [-0.2, 0) is 4.74 Å². The van der Waals surface area contributed by atoms with E-state index in [2.05, 4.69) is 4.90 Å². The molecule has 0 saturated carbocycles. The molecule has 2 aromatic carbocycles. The lowest BCUT2D eigenvalue weighted by molar-refractivity contribution is 0.0601. The Morgan fingerprint density at radius 1 is 0.906 bits per heavy atom. The van der Waals surface area contributed by atoms with Crippen LogP contribution in [0.25, 0.3) is 16.6 Å². The topological polar surface area (TPSA) is 82.9 Å². The van der Waals surface area contributed by atoms with Gasteiger partial charge in [0.15, 0.2) is 11.5 Å². The van der Waals surface area contributed by atoms with Crippen LogP contribution in [0.5, 0.6) is 11.5 Å². The fourth-order valence-corrected chi connectivity index (χ4v) is 4.10. The zero-order valence-corrected chi connectivity index (χ0v) is 18.6. The number of hydrogen-bond acceptors (Lipinski definition) is 7. The standard InChI is InChI=1S/C24H27N3O5/c1-30-20-11-9-17(15-21(20)31-2)27-22(28)18-10-8-16(23(29)32-3)14-19(18)25-24(27)26-12-6-4-5-7-13-26/h8-11,14-15H,4-7,12-13H2,1-3H3. The lowest BCUT2D eigenvalue weighted by atomic mass is 10.1. The fraction of sp³-hybridized carbons (Fsp3) is 0.375. The molecule has 8 nitrogen and oxygen atoms in total. The van der Waals surface area contributed by atoms with Crippen LogP contribution in [0, 0.1) is 0 Å². The van der Waals surface area contributed by atoms with Crippen molar-refractivity contribution in [2.45, 2.75) is 25.7 Å². The molecule has 0 atom stereocenters. The normalized spacial score (nSPS) is 14.2. The second-order valence-corrected chi connectivity index (χ2v) is 7.72. The molecule has 1 aliphatic heterocycles. The largest absolute Gasteiger partial charge is 0.493 e. The number of carbonyl (C=O) groups excluding carboxylic acids is 1. The molecule has 1 aliphatic rings. The zero-order chi connectivity index (χ0) is 22.7. The molecule has 0 amide bonds. The van der Waals surface area contributed by atoms with E-state index in [1.807, 2.05) is 6.07 Å². The van der Waals surface area contributed by atoms with Crippen molar-refractivity contribution < 1.29 is 19.0 Å². The minimum atomic E-state index is -0.464. The summed E-state index contributed by atoms with van der Waals surface area (Å²) in [5, 5.41) is 0.422. The number of methoxy groups -OCH3 is 3. The Morgan fingerprint density at radius 3 is 2.28 bits per heavy atom. The second kappa shape index (κ2) is 9.30. The Labute approximate surface area is 186 Å². The number of ether oxygens (including phenoxy) is 3. The molecule has 1 aromatic heterocycles. The maximum Gasteiger partial charge on any atom is 0.337 e. The molecule has 0 unspecified atom stereocenters. The Morgan fingerprint density at radius 2 is 1.62 bits per heavy atom. The summed E-state index contributed by atoms with van der Waals surface area (Å²) >= 11 is 0. The van der Waals surface area contributed by atoms with Gasteiger partial charge in [-0.3, -0.25) is 4.79 Å². The van der Waals surface area contributed by atoms with Crippen molar-refractivity contribution in [1.82, 2.24) is 9.55 Å². The molecule has 32 heavy (non-hydrogen) atoms. The molecule has 168 valence electrons. The first-order valence-corrected chi connectivity index (χ1v) is 10.7. The van der Waals surface area contributed by atoms with Crippen LogP contribution in [0.2, 0.25) is 0 Å². The van der Waals surface area contributed by atoms with Crippen molar-refractivity contribution in [1.29, 1.82) is 0 Å². The Hall–Kier alpha value is -3.55. The molecule has 0 bridgehead atoms. The van der Waals surface area contributed by atoms with Gasteiger partial charge >= 0.3 is 5.97 Å². The van der Waals surface area contributed by atoms with E-state index >= 15 is 0 Å². The number of hydrogen-bond donors (Lipinski definition) is 0. The summed E-state index contributed by atoms with van der Waals surface area (Å²) in [7, 11) is 4.47. The van der Waals surface area contributed by atoms with Crippen LogP contribution in [0.15, 0.2) is 41.2 Å². The third-order valence-corrected chi connectivity index (χ3v) is 5.79. The predicted molar refractivity (Wildman–Crippen MR) is 122 cm³/mol. The van der Waals surface area contributed by atoms with E-state index in [0.717, 1.165) is 38.8 Å². The third kappa shape index (κ3) is 4.00. The van der Waals surface area contributed by atoms with Crippen molar-refractivity contribution in [3.05, 3.63) is 52.3 Å². The van der Waals surface area contributed by atoms with Crippen molar-refractivity contribution in [3.63, 3.8) is 0 Å². The van der Waals surface area contributed by atoms with Crippen LogP contribution < -0.4 is 19.9 Å². The quantitative estimate of drug-likeness (QED) is 0.564. The number of esters is 1. The van der Waals surface area contributed by atoms with Crippen LogP contribution in [0.4, 0.5) is 5.95 Å². The first kappa shape index (κ1) is 21.7. The minimum absolute atomic E-state index is 0.210. The average Bonchev–Trinajstić information content (AvgIpc) is 3.12. The Balaban J connectivity index is 1.97. The van der Waals surface area contributed by atoms with Gasteiger partial charge in [0.05, 0.1) is 43.5 Å². The van der Waals surface area contributed by atoms with Crippen molar-refractivity contribution in [2.75, 3.05) is 39.3 Å². The van der Waals surface area contributed by atoms with Gasteiger partial charge in [-0.1, -0.05) is 12.8 Å². The first-order chi connectivity index (χ1) is 15.6. The Kier molecular flexibility index (Phi) is 6.30. The fourth-order valence-electron chi connectivity index (χ4n) is 4.10. The molecule has 1 saturated heterocycles. The van der Waals surface area contributed by atoms with Crippen LogP contribution in [0.3, 0.4) is 0 Å². The smallest absolute Gasteiger partial charge is 0.337 e. The van der Waals surface area contributed by atoms with E-state index in [0.29, 0.717) is 39.6 Å². The van der Waals surface area contributed by atoms with E-state index in [4.69, 9.17) is 19.2 Å². The number of fused-ring (bicyclic) bond motifs is 1. The molecule has 0 N–H and O–H groups in total. The molecular formula is C24H27N3O5. The maximum atomic E-state index is 13.7. The van der Waals surface area contributed by atoms with Gasteiger partial charge in [-0.2, -0.15) is 0 Å². The molecule has 0 radical (unpaired) electrons. The maximum absolute atomic E-state index is 13.7. The summed E-state index contributed by atoms with van der Waals surface area (Å²) in [6, 6.07) is 10.2. The molecule has 0 spiro atoms. The summed E-state index contributed by atoms with van der Waals surface area (Å²) in [6.07, 6.45) is 4.36. The summed E-state index contributed by atoms with van der Waals surface area (Å²) in [5.74, 6) is 1.20. The van der Waals surface area contributed by atoms with Crippen molar-refractivity contribution in [3.8, 4) is 17.2 Å². The summed E-state index contributed by atoms with van der Waals surface area (Å²) in [5.41, 5.74) is 1.25. The Bertz CT molecular complexity index is 1200. The molecule has 0 aliphatic carbocycles. The highest BCUT2D eigenvalue weighted by Gasteiger charge is 2.21. The van der Waals surface area contributed by atoms with E-state index in [9.17, 15) is 9.59 Å². The predicted octanol–water partition coefficient (Wildman–Crippen LogP) is 3.57. The average molecular weight is 437 g/mol. The zero-order valence-electron chi connectivity index (χ0n) is 18.6. The molecule has 3 aromatic rings. The number of rotatable bonds is 5. The first-order valence-electron chi connectivity index (χ1n) is 10.7. The third-order valence-electron chi connectivity index (χ3n) is 5.79.